The highest BCUT2D eigenvalue weighted by Crippen LogP contribution is 2.38. The van der Waals surface area contributed by atoms with Crippen molar-refractivity contribution in [3.8, 4) is 5.75 Å². The molecule has 1 rings (SSSR count). The molecule has 21 heavy (non-hydrogen) atoms. The largest absolute Gasteiger partial charge is 0.481 e. The zero-order valence-corrected chi connectivity index (χ0v) is 12.8. The van der Waals surface area contributed by atoms with Crippen molar-refractivity contribution in [1.82, 2.24) is 0 Å². The van der Waals surface area contributed by atoms with Crippen molar-refractivity contribution >= 4 is 37.6 Å². The molecule has 1 aromatic rings. The molecular formula is C10H9BrF3NO5S. The third-order valence-corrected chi connectivity index (χ3v) is 3.21. The predicted molar refractivity (Wildman–Crippen MR) is 71.1 cm³/mol. The maximum Gasteiger partial charge on any atom is 0.422 e. The van der Waals surface area contributed by atoms with Crippen LogP contribution in [0.3, 0.4) is 0 Å². The van der Waals surface area contributed by atoms with E-state index in [1.165, 1.54) is 0 Å². The number of alkyl halides is 3. The SMILES string of the molecule is CS(=O)(=O)Nc1c(C(=O)O)ccc(Br)c1OCC(F)(F)F. The summed E-state index contributed by atoms with van der Waals surface area (Å²) in [6.45, 7) is -1.70. The van der Waals surface area contributed by atoms with Crippen LogP contribution in [-0.4, -0.2) is 38.5 Å². The van der Waals surface area contributed by atoms with E-state index < -0.39 is 45.8 Å². The highest BCUT2D eigenvalue weighted by Gasteiger charge is 2.30. The number of rotatable bonds is 5. The maximum absolute atomic E-state index is 12.2. The van der Waals surface area contributed by atoms with Gasteiger partial charge in [-0.2, -0.15) is 13.2 Å². The van der Waals surface area contributed by atoms with Gasteiger partial charge in [0.25, 0.3) is 0 Å². The van der Waals surface area contributed by atoms with E-state index in [0.29, 0.717) is 0 Å². The number of nitrogens with one attached hydrogen (secondary N) is 1. The average Bonchev–Trinajstić information content (AvgIpc) is 2.24. The average molecular weight is 392 g/mol. The van der Waals surface area contributed by atoms with Crippen LogP contribution in [0.2, 0.25) is 0 Å². The maximum atomic E-state index is 12.2. The number of hydrogen-bond acceptors (Lipinski definition) is 4. The molecule has 2 N–H and O–H groups in total. The lowest BCUT2D eigenvalue weighted by atomic mass is 10.1. The molecule has 0 amide bonds. The number of sulfonamides is 1. The number of ether oxygens (including phenoxy) is 1. The lowest BCUT2D eigenvalue weighted by Crippen LogP contribution is -2.21. The Labute approximate surface area is 126 Å². The van der Waals surface area contributed by atoms with Crippen LogP contribution in [-0.2, 0) is 10.0 Å². The second-order valence-electron chi connectivity index (χ2n) is 3.88. The van der Waals surface area contributed by atoms with Gasteiger partial charge in [-0.25, -0.2) is 13.2 Å². The summed E-state index contributed by atoms with van der Waals surface area (Å²) < 4.78 is 65.4. The Bertz CT molecular complexity index is 659. The first-order valence-corrected chi connectivity index (χ1v) is 7.82. The van der Waals surface area contributed by atoms with Crippen LogP contribution < -0.4 is 9.46 Å². The van der Waals surface area contributed by atoms with E-state index in [1.807, 2.05) is 4.72 Å². The quantitative estimate of drug-likeness (QED) is 0.803. The van der Waals surface area contributed by atoms with Gasteiger partial charge in [0.05, 0.1) is 16.3 Å². The van der Waals surface area contributed by atoms with E-state index in [1.54, 1.807) is 0 Å². The lowest BCUT2D eigenvalue weighted by molar-refractivity contribution is -0.153. The van der Waals surface area contributed by atoms with E-state index >= 15 is 0 Å². The summed E-state index contributed by atoms with van der Waals surface area (Å²) >= 11 is 2.89. The van der Waals surface area contributed by atoms with Crippen LogP contribution in [0.15, 0.2) is 16.6 Å². The molecule has 0 heterocycles. The number of carbonyl (C=O) groups is 1. The zero-order valence-electron chi connectivity index (χ0n) is 10.4. The summed E-state index contributed by atoms with van der Waals surface area (Å²) in [5, 5.41) is 8.98. The van der Waals surface area contributed by atoms with E-state index in [2.05, 4.69) is 20.7 Å². The van der Waals surface area contributed by atoms with Gasteiger partial charge in [-0.05, 0) is 28.1 Å². The summed E-state index contributed by atoms with van der Waals surface area (Å²) in [6, 6.07) is 2.17. The van der Waals surface area contributed by atoms with Gasteiger partial charge >= 0.3 is 12.1 Å². The number of hydrogen-bond donors (Lipinski definition) is 2. The molecule has 0 aliphatic carbocycles. The van der Waals surface area contributed by atoms with Gasteiger partial charge in [0, 0.05) is 0 Å². The first-order valence-electron chi connectivity index (χ1n) is 5.14. The molecule has 6 nitrogen and oxygen atoms in total. The molecule has 0 aromatic heterocycles. The highest BCUT2D eigenvalue weighted by atomic mass is 79.9. The van der Waals surface area contributed by atoms with Crippen molar-refractivity contribution in [2.75, 3.05) is 17.6 Å². The molecule has 11 heteroatoms. The van der Waals surface area contributed by atoms with Gasteiger partial charge < -0.3 is 9.84 Å². The van der Waals surface area contributed by atoms with E-state index in [0.717, 1.165) is 18.4 Å². The number of halogens is 4. The zero-order chi connectivity index (χ0) is 16.4. The standard InChI is InChI=1S/C10H9BrF3NO5S/c1-21(18,19)15-7-5(9(16)17)2-3-6(11)8(7)20-4-10(12,13)14/h2-3,15H,4H2,1H3,(H,16,17). The minimum atomic E-state index is -4.67. The van der Waals surface area contributed by atoms with E-state index in [4.69, 9.17) is 5.11 Å². The highest BCUT2D eigenvalue weighted by molar-refractivity contribution is 9.10. The molecule has 0 aliphatic rings. The number of benzene rings is 1. The minimum absolute atomic E-state index is 0.0251. The summed E-state index contributed by atoms with van der Waals surface area (Å²) in [4.78, 5) is 11.0. The van der Waals surface area contributed by atoms with Crippen LogP contribution in [0, 0.1) is 0 Å². The molecule has 0 spiro atoms. The monoisotopic (exact) mass is 391 g/mol. The number of carboxylic acid groups (broad SMARTS) is 1. The van der Waals surface area contributed by atoms with Gasteiger partial charge in [0.1, 0.15) is 5.69 Å². The molecule has 0 atom stereocenters. The molecule has 0 fully saturated rings. The van der Waals surface area contributed by atoms with Gasteiger partial charge in [-0.1, -0.05) is 0 Å². The van der Waals surface area contributed by atoms with Crippen LogP contribution in [0.4, 0.5) is 18.9 Å². The first-order chi connectivity index (χ1) is 9.41. The Morgan fingerprint density at radius 3 is 2.43 bits per heavy atom. The lowest BCUT2D eigenvalue weighted by Gasteiger charge is -2.17. The number of anilines is 1. The van der Waals surface area contributed by atoms with Crippen molar-refractivity contribution < 1.29 is 36.2 Å². The third-order valence-electron chi connectivity index (χ3n) is 2.01. The first kappa shape index (κ1) is 17.6. The topological polar surface area (TPSA) is 92.7 Å². The van der Waals surface area contributed by atoms with Crippen LogP contribution in [0.25, 0.3) is 0 Å². The summed E-state index contributed by atoms with van der Waals surface area (Å²) in [7, 11) is -3.92. The van der Waals surface area contributed by atoms with Crippen molar-refractivity contribution in [3.63, 3.8) is 0 Å². The van der Waals surface area contributed by atoms with Crippen molar-refractivity contribution in [2.45, 2.75) is 6.18 Å². The molecule has 0 saturated heterocycles. The summed E-state index contributed by atoms with van der Waals surface area (Å²) in [5.74, 6) is -2.08. The van der Waals surface area contributed by atoms with Gasteiger partial charge in [-0.15, -0.1) is 0 Å². The second-order valence-corrected chi connectivity index (χ2v) is 6.49. The van der Waals surface area contributed by atoms with Gasteiger partial charge in [0.15, 0.2) is 12.4 Å². The fourth-order valence-corrected chi connectivity index (χ4v) is 2.34. The van der Waals surface area contributed by atoms with Crippen molar-refractivity contribution in [1.29, 1.82) is 0 Å². The Kier molecular flexibility index (Phi) is 5.10. The molecule has 1 aromatic carbocycles. The third kappa shape index (κ3) is 5.42. The van der Waals surface area contributed by atoms with E-state index in [9.17, 15) is 26.4 Å². The molecule has 0 radical (unpaired) electrons. The molecule has 118 valence electrons. The Morgan fingerprint density at radius 2 is 2.00 bits per heavy atom. The van der Waals surface area contributed by atoms with Crippen LogP contribution in [0.1, 0.15) is 10.4 Å². The smallest absolute Gasteiger partial charge is 0.422 e. The molecule has 0 aliphatic heterocycles. The Hall–Kier alpha value is -1.49. The van der Waals surface area contributed by atoms with Crippen LogP contribution >= 0.6 is 15.9 Å². The fraction of sp³-hybridized carbons (Fsp3) is 0.300. The molecule has 0 bridgehead atoms. The predicted octanol–water partition coefficient (Wildman–Crippen LogP) is 2.46. The summed E-state index contributed by atoms with van der Waals surface area (Å²) in [5.41, 5.74) is -1.12. The van der Waals surface area contributed by atoms with E-state index in [-0.39, 0.29) is 4.47 Å². The second kappa shape index (κ2) is 6.10. The normalized spacial score (nSPS) is 12.0. The molecule has 0 saturated carbocycles. The van der Waals surface area contributed by atoms with Crippen LogP contribution in [0.5, 0.6) is 5.75 Å². The van der Waals surface area contributed by atoms with Gasteiger partial charge in [0.2, 0.25) is 10.0 Å². The number of aromatic carboxylic acids is 1. The minimum Gasteiger partial charge on any atom is -0.481 e. The Balaban J connectivity index is 3.38. The van der Waals surface area contributed by atoms with Gasteiger partial charge in [-0.3, -0.25) is 4.72 Å². The fourth-order valence-electron chi connectivity index (χ4n) is 1.32. The van der Waals surface area contributed by atoms with Crippen molar-refractivity contribution in [3.05, 3.63) is 22.2 Å². The molecular weight excluding hydrogens is 383 g/mol. The van der Waals surface area contributed by atoms with Crippen molar-refractivity contribution in [2.24, 2.45) is 0 Å². The number of carboxylic acids is 1. The molecule has 0 unspecified atom stereocenters. The Morgan fingerprint density at radius 1 is 1.43 bits per heavy atom. The summed E-state index contributed by atoms with van der Waals surface area (Å²) in [6.07, 6.45) is -3.94.